The van der Waals surface area contributed by atoms with Crippen LogP contribution in [0.5, 0.6) is 11.6 Å². The smallest absolute Gasteiger partial charge is 0.273 e. The van der Waals surface area contributed by atoms with Gasteiger partial charge in [-0.05, 0) is 30.3 Å². The second kappa shape index (κ2) is 7.42. The van der Waals surface area contributed by atoms with Gasteiger partial charge in [0.05, 0.1) is 5.56 Å². The Labute approximate surface area is 132 Å². The zero-order valence-electron chi connectivity index (χ0n) is 12.0. The number of carbonyl (C=O) groups excluding carboxylic acids is 1. The minimum Gasteiger partial charge on any atom is -0.438 e. The van der Waals surface area contributed by atoms with Gasteiger partial charge in [-0.25, -0.2) is 4.98 Å². The summed E-state index contributed by atoms with van der Waals surface area (Å²) in [6.07, 6.45) is 1.55. The first-order chi connectivity index (χ1) is 10.7. The highest BCUT2D eigenvalue weighted by molar-refractivity contribution is 6.45. The van der Waals surface area contributed by atoms with Gasteiger partial charge in [-0.1, -0.05) is 22.8 Å². The van der Waals surface area contributed by atoms with Crippen LogP contribution in [-0.2, 0) is 9.63 Å². The highest BCUT2D eigenvalue weighted by atomic mass is 35.5. The third-order valence-electron chi connectivity index (χ3n) is 2.66. The molecule has 1 aromatic carbocycles. The molecule has 1 heterocycles. The minimum absolute atomic E-state index is 0.0649. The monoisotopic (exact) mass is 319 g/mol. The summed E-state index contributed by atoms with van der Waals surface area (Å²) in [6, 6.07) is 10.2. The van der Waals surface area contributed by atoms with Crippen LogP contribution in [0.3, 0.4) is 0 Å². The largest absolute Gasteiger partial charge is 0.438 e. The van der Waals surface area contributed by atoms with Gasteiger partial charge >= 0.3 is 0 Å². The van der Waals surface area contributed by atoms with Gasteiger partial charge in [0, 0.05) is 18.3 Å². The molecule has 1 N–H and O–H groups in total. The maximum absolute atomic E-state index is 11.9. The molecule has 7 heteroatoms. The van der Waals surface area contributed by atoms with Gasteiger partial charge in [0.15, 0.2) is 5.71 Å². The molecule has 0 atom stereocenters. The number of nitrogens with one attached hydrogen (secondary N) is 1. The maximum Gasteiger partial charge on any atom is 0.273 e. The fraction of sp³-hybridized carbons (Fsp3) is 0.133. The molecule has 0 bridgehead atoms. The van der Waals surface area contributed by atoms with E-state index in [1.165, 1.54) is 14.2 Å². The number of pyridine rings is 1. The van der Waals surface area contributed by atoms with Crippen LogP contribution in [0.25, 0.3) is 0 Å². The molecule has 0 aliphatic heterocycles. The first-order valence-corrected chi connectivity index (χ1v) is 6.75. The number of hydrogen-bond acceptors (Lipinski definition) is 5. The van der Waals surface area contributed by atoms with Crippen molar-refractivity contribution in [3.63, 3.8) is 0 Å². The quantitative estimate of drug-likeness (QED) is 0.679. The number of ether oxygens (including phenoxy) is 1. The summed E-state index contributed by atoms with van der Waals surface area (Å²) in [5.41, 5.74) is 0.471. The standard InChI is InChI=1S/C15H14ClN3O3/c1-17-14(20)13(19-21-2)12-7-4-8-18-15(12)22-11-6-3-5-10(16)9-11/h3-9H,1-2H3,(H,17,20)/b19-13-. The Morgan fingerprint density at radius 3 is 2.82 bits per heavy atom. The van der Waals surface area contributed by atoms with Crippen molar-refractivity contribution < 1.29 is 14.4 Å². The lowest BCUT2D eigenvalue weighted by atomic mass is 10.1. The molecule has 0 spiro atoms. The number of carbonyl (C=O) groups is 1. The number of rotatable bonds is 5. The summed E-state index contributed by atoms with van der Waals surface area (Å²) in [5.74, 6) is 0.316. The normalized spacial score (nSPS) is 11.0. The lowest BCUT2D eigenvalue weighted by molar-refractivity contribution is -0.114. The molecule has 0 fully saturated rings. The Morgan fingerprint density at radius 1 is 1.32 bits per heavy atom. The average molecular weight is 320 g/mol. The Hall–Kier alpha value is -2.60. The number of hydrogen-bond donors (Lipinski definition) is 1. The van der Waals surface area contributed by atoms with Crippen molar-refractivity contribution in [1.29, 1.82) is 0 Å². The highest BCUT2D eigenvalue weighted by Gasteiger charge is 2.19. The van der Waals surface area contributed by atoms with Crippen molar-refractivity contribution in [2.24, 2.45) is 5.16 Å². The molecule has 6 nitrogen and oxygen atoms in total. The minimum atomic E-state index is -0.411. The molecule has 0 saturated heterocycles. The average Bonchev–Trinajstić information content (AvgIpc) is 2.53. The van der Waals surface area contributed by atoms with Gasteiger partial charge in [-0.15, -0.1) is 0 Å². The van der Waals surface area contributed by atoms with Crippen LogP contribution in [0.2, 0.25) is 5.02 Å². The van der Waals surface area contributed by atoms with Crippen LogP contribution in [0, 0.1) is 0 Å². The van der Waals surface area contributed by atoms with Crippen LogP contribution in [0.4, 0.5) is 0 Å². The van der Waals surface area contributed by atoms with Crippen molar-refractivity contribution in [1.82, 2.24) is 10.3 Å². The summed E-state index contributed by atoms with van der Waals surface area (Å²) in [5, 5.41) is 6.77. The molecule has 22 heavy (non-hydrogen) atoms. The van der Waals surface area contributed by atoms with E-state index in [1.54, 1.807) is 42.6 Å². The summed E-state index contributed by atoms with van der Waals surface area (Å²) < 4.78 is 5.70. The van der Waals surface area contributed by atoms with Crippen LogP contribution >= 0.6 is 11.6 Å². The molecule has 114 valence electrons. The zero-order valence-corrected chi connectivity index (χ0v) is 12.8. The van der Waals surface area contributed by atoms with E-state index >= 15 is 0 Å². The number of amides is 1. The third-order valence-corrected chi connectivity index (χ3v) is 2.90. The van der Waals surface area contributed by atoms with Crippen molar-refractivity contribution in [2.75, 3.05) is 14.2 Å². The number of benzene rings is 1. The van der Waals surface area contributed by atoms with Gasteiger partial charge in [0.2, 0.25) is 5.88 Å². The molecule has 1 amide bonds. The second-order valence-electron chi connectivity index (χ2n) is 4.12. The van der Waals surface area contributed by atoms with Gasteiger partial charge in [0.1, 0.15) is 12.9 Å². The van der Waals surface area contributed by atoms with Crippen LogP contribution in [0.15, 0.2) is 47.8 Å². The molecule has 1 aromatic heterocycles. The van der Waals surface area contributed by atoms with Gasteiger partial charge in [0.25, 0.3) is 5.91 Å². The number of likely N-dealkylation sites (N-methyl/N-ethyl adjacent to an activating group) is 1. The predicted octanol–water partition coefficient (Wildman–Crippen LogP) is 2.62. The maximum atomic E-state index is 11.9. The van der Waals surface area contributed by atoms with Gasteiger partial charge < -0.3 is 14.9 Å². The Morgan fingerprint density at radius 2 is 2.14 bits per heavy atom. The van der Waals surface area contributed by atoms with Gasteiger partial charge in [-0.3, -0.25) is 4.79 Å². The van der Waals surface area contributed by atoms with E-state index in [-0.39, 0.29) is 11.6 Å². The molecule has 2 rings (SSSR count). The van der Waals surface area contributed by atoms with Crippen molar-refractivity contribution >= 4 is 23.2 Å². The predicted molar refractivity (Wildman–Crippen MR) is 83.4 cm³/mol. The Bertz CT molecular complexity index is 704. The molecular formula is C15H14ClN3O3. The number of nitrogens with zero attached hydrogens (tertiary/aromatic N) is 2. The van der Waals surface area contributed by atoms with E-state index in [0.717, 1.165) is 0 Å². The van der Waals surface area contributed by atoms with Crippen molar-refractivity contribution in [3.05, 3.63) is 53.2 Å². The SMILES string of the molecule is CNC(=O)/C(=N\OC)c1cccnc1Oc1cccc(Cl)c1. The lowest BCUT2D eigenvalue weighted by Crippen LogP contribution is -2.29. The Balaban J connectivity index is 2.41. The molecule has 0 unspecified atom stereocenters. The van der Waals surface area contributed by atoms with E-state index in [4.69, 9.17) is 21.2 Å². The number of aromatic nitrogens is 1. The highest BCUT2D eigenvalue weighted by Crippen LogP contribution is 2.25. The first kappa shape index (κ1) is 15.8. The van der Waals surface area contributed by atoms with E-state index in [2.05, 4.69) is 15.5 Å². The van der Waals surface area contributed by atoms with Crippen LogP contribution in [0.1, 0.15) is 5.56 Å². The second-order valence-corrected chi connectivity index (χ2v) is 4.55. The molecule has 0 aliphatic carbocycles. The fourth-order valence-electron chi connectivity index (χ4n) is 1.72. The fourth-order valence-corrected chi connectivity index (χ4v) is 1.90. The summed E-state index contributed by atoms with van der Waals surface area (Å²) in [6.45, 7) is 0. The number of halogens is 1. The van der Waals surface area contributed by atoms with E-state index in [1.807, 2.05) is 0 Å². The number of oxime groups is 1. The summed E-state index contributed by atoms with van der Waals surface area (Å²) in [7, 11) is 2.86. The Kier molecular flexibility index (Phi) is 5.32. The van der Waals surface area contributed by atoms with Crippen LogP contribution in [-0.4, -0.2) is 30.8 Å². The van der Waals surface area contributed by atoms with E-state index < -0.39 is 5.91 Å². The summed E-state index contributed by atoms with van der Waals surface area (Å²) in [4.78, 5) is 20.8. The molecular weight excluding hydrogens is 306 g/mol. The molecule has 0 radical (unpaired) electrons. The van der Waals surface area contributed by atoms with E-state index in [0.29, 0.717) is 16.3 Å². The first-order valence-electron chi connectivity index (χ1n) is 6.37. The van der Waals surface area contributed by atoms with Crippen molar-refractivity contribution in [2.45, 2.75) is 0 Å². The molecule has 2 aromatic rings. The zero-order chi connectivity index (χ0) is 15.9. The molecule has 0 saturated carbocycles. The third kappa shape index (κ3) is 3.73. The topological polar surface area (TPSA) is 72.8 Å². The van der Waals surface area contributed by atoms with E-state index in [9.17, 15) is 4.79 Å². The van der Waals surface area contributed by atoms with Gasteiger partial charge in [-0.2, -0.15) is 0 Å². The van der Waals surface area contributed by atoms with Crippen molar-refractivity contribution in [3.8, 4) is 11.6 Å². The summed E-state index contributed by atoms with van der Waals surface area (Å²) >= 11 is 5.93. The van der Waals surface area contributed by atoms with Crippen LogP contribution < -0.4 is 10.1 Å². The lowest BCUT2D eigenvalue weighted by Gasteiger charge is -2.10. The molecule has 0 aliphatic rings.